The number of nitrogens with zero attached hydrogens (tertiary/aromatic N) is 2. The Balaban J connectivity index is 2.20. The monoisotopic (exact) mass is 384 g/mol. The van der Waals surface area contributed by atoms with Crippen LogP contribution in [-0.4, -0.2) is 43.2 Å². The molecule has 0 radical (unpaired) electrons. The van der Waals surface area contributed by atoms with E-state index in [0.29, 0.717) is 24.2 Å². The first-order valence-corrected chi connectivity index (χ1v) is 10.3. The van der Waals surface area contributed by atoms with Gasteiger partial charge in [-0.1, -0.05) is 32.4 Å². The highest BCUT2D eigenvalue weighted by Gasteiger charge is 2.45. The maximum Gasteiger partial charge on any atom is 0.200 e. The molecule has 1 saturated heterocycles. The Bertz CT molecular complexity index is 904. The van der Waals surface area contributed by atoms with Crippen molar-refractivity contribution in [2.75, 3.05) is 20.1 Å². The molecule has 138 valence electrons. The maximum atomic E-state index is 13.5. The summed E-state index contributed by atoms with van der Waals surface area (Å²) < 4.78 is 32.1. The molecular weight excluding hydrogens is 360 g/mol. The molecule has 25 heavy (non-hydrogen) atoms. The van der Waals surface area contributed by atoms with Crippen LogP contribution in [0.3, 0.4) is 0 Å². The molecule has 1 aliphatic rings. The second kappa shape index (κ2) is 5.96. The van der Waals surface area contributed by atoms with E-state index in [1.165, 1.54) is 0 Å². The standard InChI is InChI=1S/C18H25ClN2O3S/c1-17(2,3)16-20-13-7-6-12(19)15(14(13)24-16)25(22,23)18(4)8-10-21(5)11-9-18/h6-7H,8-11H2,1-5H3. The molecule has 0 spiro atoms. The number of halogens is 1. The largest absolute Gasteiger partial charge is 0.439 e. The fourth-order valence-electron chi connectivity index (χ4n) is 3.12. The molecule has 0 aliphatic carbocycles. The van der Waals surface area contributed by atoms with E-state index in [2.05, 4.69) is 9.88 Å². The smallest absolute Gasteiger partial charge is 0.200 e. The van der Waals surface area contributed by atoms with Crippen molar-refractivity contribution in [3.63, 3.8) is 0 Å². The molecule has 7 heteroatoms. The van der Waals surface area contributed by atoms with E-state index in [1.807, 2.05) is 34.7 Å². The first kappa shape index (κ1) is 18.7. The van der Waals surface area contributed by atoms with Gasteiger partial charge in [-0.25, -0.2) is 13.4 Å². The molecule has 0 N–H and O–H groups in total. The van der Waals surface area contributed by atoms with Gasteiger partial charge in [0, 0.05) is 5.41 Å². The third-order valence-corrected chi connectivity index (χ3v) is 8.14. The Hall–Kier alpha value is -1.11. The van der Waals surface area contributed by atoms with E-state index in [0.717, 1.165) is 13.1 Å². The molecule has 1 aromatic heterocycles. The van der Waals surface area contributed by atoms with Crippen LogP contribution in [0.2, 0.25) is 5.02 Å². The Morgan fingerprint density at radius 2 is 1.84 bits per heavy atom. The molecule has 0 atom stereocenters. The summed E-state index contributed by atoms with van der Waals surface area (Å²) in [5.74, 6) is 0.509. The number of piperidine rings is 1. The molecule has 1 fully saturated rings. The number of hydrogen-bond acceptors (Lipinski definition) is 5. The van der Waals surface area contributed by atoms with E-state index in [4.69, 9.17) is 16.0 Å². The van der Waals surface area contributed by atoms with Crippen LogP contribution in [0, 0.1) is 0 Å². The van der Waals surface area contributed by atoms with Gasteiger partial charge in [0.1, 0.15) is 10.4 Å². The Morgan fingerprint density at radius 3 is 2.40 bits per heavy atom. The van der Waals surface area contributed by atoms with Gasteiger partial charge in [-0.3, -0.25) is 0 Å². The van der Waals surface area contributed by atoms with Gasteiger partial charge in [-0.05, 0) is 52.0 Å². The number of sulfone groups is 1. The van der Waals surface area contributed by atoms with E-state index in [9.17, 15) is 8.42 Å². The number of aromatic nitrogens is 1. The van der Waals surface area contributed by atoms with Crippen LogP contribution < -0.4 is 0 Å². The number of rotatable bonds is 2. The summed E-state index contributed by atoms with van der Waals surface area (Å²) in [4.78, 5) is 6.71. The first-order valence-electron chi connectivity index (χ1n) is 8.48. The van der Waals surface area contributed by atoms with Crippen LogP contribution >= 0.6 is 11.6 Å². The first-order chi connectivity index (χ1) is 11.5. The van der Waals surface area contributed by atoms with Crippen molar-refractivity contribution in [2.24, 2.45) is 0 Å². The van der Waals surface area contributed by atoms with Crippen LogP contribution in [0.1, 0.15) is 46.4 Å². The summed E-state index contributed by atoms with van der Waals surface area (Å²) in [6.45, 7) is 9.23. The van der Waals surface area contributed by atoms with Gasteiger partial charge >= 0.3 is 0 Å². The van der Waals surface area contributed by atoms with E-state index >= 15 is 0 Å². The Labute approximate surface area is 154 Å². The number of oxazole rings is 1. The minimum absolute atomic E-state index is 0.0849. The molecular formula is C18H25ClN2O3S. The SMILES string of the molecule is CN1CCC(C)(S(=O)(=O)c2c(Cl)ccc3nc(C(C)(C)C)oc23)CC1. The lowest BCUT2D eigenvalue weighted by Gasteiger charge is -2.37. The average Bonchev–Trinajstić information content (AvgIpc) is 2.93. The normalized spacial score (nSPS) is 19.4. The van der Waals surface area contributed by atoms with Gasteiger partial charge in [0.2, 0.25) is 5.89 Å². The quantitative estimate of drug-likeness (QED) is 0.781. The van der Waals surface area contributed by atoms with Gasteiger partial charge in [0.05, 0.1) is 9.77 Å². The predicted octanol–water partition coefficient (Wildman–Crippen LogP) is 4.04. The summed E-state index contributed by atoms with van der Waals surface area (Å²) in [6.07, 6.45) is 1.14. The lowest BCUT2D eigenvalue weighted by Crippen LogP contribution is -2.46. The van der Waals surface area contributed by atoms with Crippen molar-refractivity contribution in [3.8, 4) is 0 Å². The van der Waals surface area contributed by atoms with Crippen LogP contribution in [-0.2, 0) is 15.3 Å². The van der Waals surface area contributed by atoms with Gasteiger partial charge in [0.15, 0.2) is 15.4 Å². The summed E-state index contributed by atoms with van der Waals surface area (Å²) in [6, 6.07) is 3.32. The van der Waals surface area contributed by atoms with Crippen molar-refractivity contribution in [3.05, 3.63) is 23.0 Å². The van der Waals surface area contributed by atoms with E-state index in [1.54, 1.807) is 12.1 Å². The Kier molecular flexibility index (Phi) is 4.45. The van der Waals surface area contributed by atoms with Crippen LogP contribution in [0.4, 0.5) is 0 Å². The van der Waals surface area contributed by atoms with Gasteiger partial charge in [-0.15, -0.1) is 0 Å². The van der Waals surface area contributed by atoms with Crippen molar-refractivity contribution < 1.29 is 12.8 Å². The topological polar surface area (TPSA) is 63.4 Å². The second-order valence-electron chi connectivity index (χ2n) is 8.25. The molecule has 0 bridgehead atoms. The van der Waals surface area contributed by atoms with Crippen LogP contribution in [0.15, 0.2) is 21.4 Å². The highest BCUT2D eigenvalue weighted by atomic mass is 35.5. The molecule has 1 aliphatic heterocycles. The highest BCUT2D eigenvalue weighted by molar-refractivity contribution is 7.93. The van der Waals surface area contributed by atoms with Crippen LogP contribution in [0.5, 0.6) is 0 Å². The second-order valence-corrected chi connectivity index (χ2v) is 11.1. The molecule has 0 unspecified atom stereocenters. The lowest BCUT2D eigenvalue weighted by atomic mass is 9.97. The zero-order valence-electron chi connectivity index (χ0n) is 15.4. The van der Waals surface area contributed by atoms with Gasteiger partial charge < -0.3 is 9.32 Å². The third-order valence-electron chi connectivity index (χ3n) is 5.07. The lowest BCUT2D eigenvalue weighted by molar-refractivity contribution is 0.240. The van der Waals surface area contributed by atoms with E-state index in [-0.39, 0.29) is 20.9 Å². The molecule has 0 amide bonds. The number of fused-ring (bicyclic) bond motifs is 1. The molecule has 2 heterocycles. The summed E-state index contributed by atoms with van der Waals surface area (Å²) >= 11 is 6.34. The summed E-state index contributed by atoms with van der Waals surface area (Å²) in [5, 5.41) is 0.198. The molecule has 5 nitrogen and oxygen atoms in total. The van der Waals surface area contributed by atoms with Crippen molar-refractivity contribution in [1.29, 1.82) is 0 Å². The van der Waals surface area contributed by atoms with Crippen molar-refractivity contribution >= 4 is 32.5 Å². The highest BCUT2D eigenvalue weighted by Crippen LogP contribution is 2.41. The Morgan fingerprint density at radius 1 is 1.24 bits per heavy atom. The van der Waals surface area contributed by atoms with E-state index < -0.39 is 14.6 Å². The summed E-state index contributed by atoms with van der Waals surface area (Å²) in [7, 11) is -1.66. The minimum atomic E-state index is -3.67. The molecule has 1 aromatic carbocycles. The van der Waals surface area contributed by atoms with Crippen molar-refractivity contribution in [1.82, 2.24) is 9.88 Å². The predicted molar refractivity (Wildman–Crippen MR) is 100 cm³/mol. The van der Waals surface area contributed by atoms with Crippen LogP contribution in [0.25, 0.3) is 11.1 Å². The number of benzene rings is 1. The van der Waals surface area contributed by atoms with Gasteiger partial charge in [0.25, 0.3) is 0 Å². The maximum absolute atomic E-state index is 13.5. The third kappa shape index (κ3) is 3.09. The zero-order valence-corrected chi connectivity index (χ0v) is 17.0. The number of hydrogen-bond donors (Lipinski definition) is 0. The van der Waals surface area contributed by atoms with Crippen molar-refractivity contribution in [2.45, 2.75) is 55.6 Å². The zero-order chi connectivity index (χ0) is 18.6. The molecule has 0 saturated carbocycles. The fraction of sp³-hybridized carbons (Fsp3) is 0.611. The molecule has 2 aromatic rings. The number of likely N-dealkylation sites (tertiary alicyclic amines) is 1. The summed E-state index contributed by atoms with van der Waals surface area (Å²) in [5.41, 5.74) is 0.492. The van der Waals surface area contributed by atoms with Gasteiger partial charge in [-0.2, -0.15) is 0 Å². The minimum Gasteiger partial charge on any atom is -0.439 e. The fourth-order valence-corrected chi connectivity index (χ4v) is 5.50. The average molecular weight is 385 g/mol. The molecule has 3 rings (SSSR count).